The molecule has 0 aliphatic carbocycles. The molecule has 0 fully saturated rings. The van der Waals surface area contributed by atoms with Gasteiger partial charge in [-0.3, -0.25) is 0 Å². The number of carboxylic acids is 1. The summed E-state index contributed by atoms with van der Waals surface area (Å²) in [5.41, 5.74) is 0.366. The lowest BCUT2D eigenvalue weighted by Gasteiger charge is -2.14. The fourth-order valence-corrected chi connectivity index (χ4v) is 1.95. The zero-order valence-corrected chi connectivity index (χ0v) is 10.5. The third-order valence-corrected chi connectivity index (χ3v) is 2.67. The molecule has 16 heavy (non-hydrogen) atoms. The molecule has 1 rings (SSSR count). The van der Waals surface area contributed by atoms with Gasteiger partial charge in [0, 0.05) is 15.1 Å². The van der Waals surface area contributed by atoms with Gasteiger partial charge in [0.25, 0.3) is 0 Å². The van der Waals surface area contributed by atoms with Gasteiger partial charge in [-0.05, 0) is 12.1 Å². The molecular weight excluding hydrogens is 299 g/mol. The number of rotatable bonds is 5. The van der Waals surface area contributed by atoms with Crippen molar-refractivity contribution >= 4 is 33.5 Å². The Morgan fingerprint density at radius 2 is 2.25 bits per heavy atom. The minimum absolute atomic E-state index is 0.0522. The van der Waals surface area contributed by atoms with Crippen LogP contribution in [0.25, 0.3) is 0 Å². The van der Waals surface area contributed by atoms with E-state index in [4.69, 9.17) is 26.6 Å². The van der Waals surface area contributed by atoms with E-state index in [1.54, 1.807) is 18.2 Å². The van der Waals surface area contributed by atoms with E-state index >= 15 is 0 Å². The predicted octanol–water partition coefficient (Wildman–Crippen LogP) is 2.24. The zero-order valence-electron chi connectivity index (χ0n) is 8.19. The molecule has 0 saturated heterocycles. The number of carbonyl (C=O) groups is 1. The fourth-order valence-electron chi connectivity index (χ4n) is 1.18. The van der Waals surface area contributed by atoms with Crippen LogP contribution in [0.5, 0.6) is 0 Å². The molecule has 0 radical (unpaired) electrons. The second kappa shape index (κ2) is 6.20. The molecule has 1 aromatic carbocycles. The molecule has 1 atom stereocenters. The van der Waals surface area contributed by atoms with E-state index in [2.05, 4.69) is 15.9 Å². The lowest BCUT2D eigenvalue weighted by atomic mass is 10.1. The van der Waals surface area contributed by atoms with Crippen molar-refractivity contribution in [1.29, 1.82) is 0 Å². The first-order valence-electron chi connectivity index (χ1n) is 4.46. The minimum Gasteiger partial charge on any atom is -0.479 e. The summed E-state index contributed by atoms with van der Waals surface area (Å²) in [6.45, 7) is -0.290. The molecule has 0 saturated carbocycles. The van der Waals surface area contributed by atoms with Crippen molar-refractivity contribution in [2.75, 3.05) is 13.2 Å². The number of benzene rings is 1. The van der Waals surface area contributed by atoms with E-state index in [9.17, 15) is 4.79 Å². The number of hydrogen-bond acceptors (Lipinski definition) is 3. The van der Waals surface area contributed by atoms with Crippen molar-refractivity contribution in [3.63, 3.8) is 0 Å². The molecule has 2 N–H and O–H groups in total. The molecule has 0 aliphatic heterocycles. The lowest BCUT2D eigenvalue weighted by Crippen LogP contribution is -2.17. The second-order valence-electron chi connectivity index (χ2n) is 2.98. The van der Waals surface area contributed by atoms with Gasteiger partial charge in [0.1, 0.15) is 0 Å². The maximum atomic E-state index is 11.0. The summed E-state index contributed by atoms with van der Waals surface area (Å²) in [6, 6.07) is 4.84. The number of halogens is 2. The highest BCUT2D eigenvalue weighted by atomic mass is 79.9. The Balaban J connectivity index is 2.96. The van der Waals surface area contributed by atoms with Crippen LogP contribution in [0.1, 0.15) is 11.7 Å². The zero-order chi connectivity index (χ0) is 12.1. The summed E-state index contributed by atoms with van der Waals surface area (Å²) in [5.74, 6) is -1.14. The highest BCUT2D eigenvalue weighted by Gasteiger charge is 2.22. The predicted molar refractivity (Wildman–Crippen MR) is 62.6 cm³/mol. The van der Waals surface area contributed by atoms with Crippen LogP contribution in [-0.4, -0.2) is 29.4 Å². The topological polar surface area (TPSA) is 66.8 Å². The SMILES string of the molecule is O=C(O)C(OCCO)c1ccc(Br)cc1Cl. The van der Waals surface area contributed by atoms with Crippen molar-refractivity contribution in [3.8, 4) is 0 Å². The van der Waals surface area contributed by atoms with Gasteiger partial charge in [-0.15, -0.1) is 0 Å². The Morgan fingerprint density at radius 1 is 1.56 bits per heavy atom. The van der Waals surface area contributed by atoms with E-state index in [0.29, 0.717) is 10.6 Å². The summed E-state index contributed by atoms with van der Waals surface area (Å²) >= 11 is 9.13. The molecular formula is C10H10BrClO4. The van der Waals surface area contributed by atoms with E-state index in [-0.39, 0.29) is 13.2 Å². The average Bonchev–Trinajstić information content (AvgIpc) is 2.20. The smallest absolute Gasteiger partial charge is 0.337 e. The first kappa shape index (κ1) is 13.4. The van der Waals surface area contributed by atoms with E-state index in [0.717, 1.165) is 4.47 Å². The third-order valence-electron chi connectivity index (χ3n) is 1.85. The van der Waals surface area contributed by atoms with Gasteiger partial charge in [0.05, 0.1) is 13.2 Å². The van der Waals surface area contributed by atoms with Crippen LogP contribution >= 0.6 is 27.5 Å². The van der Waals surface area contributed by atoms with Crippen LogP contribution in [-0.2, 0) is 9.53 Å². The number of aliphatic hydroxyl groups is 1. The van der Waals surface area contributed by atoms with Crippen molar-refractivity contribution in [3.05, 3.63) is 33.3 Å². The molecule has 0 aliphatic rings. The van der Waals surface area contributed by atoms with Crippen LogP contribution in [0.2, 0.25) is 5.02 Å². The minimum atomic E-state index is -1.16. The maximum absolute atomic E-state index is 11.0. The second-order valence-corrected chi connectivity index (χ2v) is 4.30. The average molecular weight is 310 g/mol. The van der Waals surface area contributed by atoms with Crippen molar-refractivity contribution in [1.82, 2.24) is 0 Å². The maximum Gasteiger partial charge on any atom is 0.337 e. The van der Waals surface area contributed by atoms with Crippen LogP contribution < -0.4 is 0 Å². The van der Waals surface area contributed by atoms with E-state index in [1.165, 1.54) is 0 Å². The van der Waals surface area contributed by atoms with Crippen molar-refractivity contribution in [2.24, 2.45) is 0 Å². The summed E-state index contributed by atoms with van der Waals surface area (Å²) < 4.78 is 5.77. The molecule has 1 aromatic rings. The highest BCUT2D eigenvalue weighted by molar-refractivity contribution is 9.10. The largest absolute Gasteiger partial charge is 0.479 e. The molecule has 4 nitrogen and oxygen atoms in total. The summed E-state index contributed by atoms with van der Waals surface area (Å²) in [5, 5.41) is 17.9. The quantitative estimate of drug-likeness (QED) is 0.875. The number of aliphatic carboxylic acids is 1. The molecule has 6 heteroatoms. The third kappa shape index (κ3) is 3.45. The molecule has 0 spiro atoms. The summed E-state index contributed by atoms with van der Waals surface area (Å²) in [4.78, 5) is 11.0. The molecule has 0 heterocycles. The number of hydrogen-bond donors (Lipinski definition) is 2. The van der Waals surface area contributed by atoms with Gasteiger partial charge in [-0.1, -0.05) is 33.6 Å². The Bertz CT molecular complexity index is 383. The van der Waals surface area contributed by atoms with Crippen LogP contribution in [0.15, 0.2) is 22.7 Å². The Labute approximate surface area is 106 Å². The fraction of sp³-hybridized carbons (Fsp3) is 0.300. The van der Waals surface area contributed by atoms with Gasteiger partial charge in [-0.2, -0.15) is 0 Å². The Hall–Kier alpha value is -0.620. The lowest BCUT2D eigenvalue weighted by molar-refractivity contribution is -0.151. The number of ether oxygens (including phenoxy) is 1. The van der Waals surface area contributed by atoms with E-state index < -0.39 is 12.1 Å². The summed E-state index contributed by atoms with van der Waals surface area (Å²) in [6.07, 6.45) is -1.16. The molecule has 0 amide bonds. The first-order valence-corrected chi connectivity index (χ1v) is 5.63. The van der Waals surface area contributed by atoms with Gasteiger partial charge < -0.3 is 14.9 Å². The Morgan fingerprint density at radius 3 is 2.75 bits per heavy atom. The Kier molecular flexibility index (Phi) is 5.21. The van der Waals surface area contributed by atoms with Gasteiger partial charge in [0.15, 0.2) is 6.10 Å². The highest BCUT2D eigenvalue weighted by Crippen LogP contribution is 2.28. The van der Waals surface area contributed by atoms with Crippen LogP contribution in [0.4, 0.5) is 0 Å². The van der Waals surface area contributed by atoms with E-state index in [1.807, 2.05) is 0 Å². The summed E-state index contributed by atoms with van der Waals surface area (Å²) in [7, 11) is 0. The van der Waals surface area contributed by atoms with Gasteiger partial charge >= 0.3 is 5.97 Å². The number of carboxylic acid groups (broad SMARTS) is 1. The molecule has 0 bridgehead atoms. The number of aliphatic hydroxyl groups excluding tert-OH is 1. The molecule has 88 valence electrons. The van der Waals surface area contributed by atoms with Gasteiger partial charge in [0.2, 0.25) is 0 Å². The van der Waals surface area contributed by atoms with Crippen molar-refractivity contribution in [2.45, 2.75) is 6.10 Å². The molecule has 0 aromatic heterocycles. The standard InChI is InChI=1S/C10H10BrClO4/c11-6-1-2-7(8(12)5-6)9(10(14)15)16-4-3-13/h1-2,5,9,13H,3-4H2,(H,14,15). The van der Waals surface area contributed by atoms with Crippen molar-refractivity contribution < 1.29 is 19.7 Å². The van der Waals surface area contributed by atoms with Gasteiger partial charge in [-0.25, -0.2) is 4.79 Å². The van der Waals surface area contributed by atoms with Crippen LogP contribution in [0, 0.1) is 0 Å². The normalized spacial score (nSPS) is 12.4. The first-order chi connectivity index (χ1) is 7.56. The molecule has 1 unspecified atom stereocenters. The van der Waals surface area contributed by atoms with Crippen LogP contribution in [0.3, 0.4) is 0 Å². The monoisotopic (exact) mass is 308 g/mol.